The molecule has 1 heterocycles. The number of esters is 1. The molecule has 0 aliphatic rings. The maximum Gasteiger partial charge on any atom is 0.330 e. The molecule has 0 saturated carbocycles. The summed E-state index contributed by atoms with van der Waals surface area (Å²) in [4.78, 5) is 26.7. The third kappa shape index (κ3) is 4.70. The molecule has 0 radical (unpaired) electrons. The molecular weight excluding hydrogens is 316 g/mol. The number of ether oxygens (including phenoxy) is 2. The van der Waals surface area contributed by atoms with Crippen molar-refractivity contribution in [2.45, 2.75) is 0 Å². The van der Waals surface area contributed by atoms with E-state index < -0.39 is 11.9 Å². The number of methoxy groups -OCH3 is 2. The van der Waals surface area contributed by atoms with Gasteiger partial charge < -0.3 is 14.8 Å². The van der Waals surface area contributed by atoms with Gasteiger partial charge in [-0.2, -0.15) is 0 Å². The minimum Gasteiger partial charge on any atom is -0.494 e. The van der Waals surface area contributed by atoms with Crippen LogP contribution in [0, 0.1) is 0 Å². The summed E-state index contributed by atoms with van der Waals surface area (Å²) in [6.07, 6.45) is 2.71. The first-order valence-electron chi connectivity index (χ1n) is 5.31. The van der Waals surface area contributed by atoms with Crippen molar-refractivity contribution in [3.05, 3.63) is 34.6 Å². The van der Waals surface area contributed by atoms with Crippen LogP contribution < -0.4 is 10.1 Å². The fraction of sp³-hybridized carbons (Fsp3) is 0.250. The molecule has 19 heavy (non-hydrogen) atoms. The zero-order chi connectivity index (χ0) is 14.3. The van der Waals surface area contributed by atoms with Crippen LogP contribution in [0.1, 0.15) is 10.5 Å². The van der Waals surface area contributed by atoms with Gasteiger partial charge >= 0.3 is 5.97 Å². The van der Waals surface area contributed by atoms with E-state index >= 15 is 0 Å². The van der Waals surface area contributed by atoms with Crippen LogP contribution in [-0.4, -0.2) is 37.6 Å². The van der Waals surface area contributed by atoms with Crippen molar-refractivity contribution in [3.8, 4) is 5.75 Å². The van der Waals surface area contributed by atoms with Crippen molar-refractivity contribution >= 4 is 27.8 Å². The number of nitrogens with zero attached hydrogens (tertiary/aromatic N) is 1. The second-order valence-corrected chi connectivity index (χ2v) is 4.13. The Bertz CT molecular complexity index is 503. The highest BCUT2D eigenvalue weighted by Crippen LogP contribution is 2.18. The molecule has 0 aromatic carbocycles. The molecule has 1 aromatic rings. The molecule has 1 amide bonds. The monoisotopic (exact) mass is 328 g/mol. The van der Waals surface area contributed by atoms with Crippen molar-refractivity contribution in [1.82, 2.24) is 10.3 Å². The van der Waals surface area contributed by atoms with Gasteiger partial charge in [0.25, 0.3) is 5.91 Å². The maximum atomic E-state index is 11.9. The summed E-state index contributed by atoms with van der Waals surface area (Å²) in [7, 11) is 2.74. The van der Waals surface area contributed by atoms with E-state index in [0.717, 1.165) is 0 Å². The summed E-state index contributed by atoms with van der Waals surface area (Å²) in [5.74, 6) is -0.502. The van der Waals surface area contributed by atoms with E-state index in [1.165, 1.54) is 26.4 Å². The number of nitrogens with one attached hydrogen (secondary N) is 1. The largest absolute Gasteiger partial charge is 0.494 e. The number of halogens is 1. The van der Waals surface area contributed by atoms with E-state index in [0.29, 0.717) is 10.4 Å². The molecule has 6 nitrogen and oxygen atoms in total. The molecule has 0 atom stereocenters. The summed E-state index contributed by atoms with van der Waals surface area (Å²) >= 11 is 3.18. The topological polar surface area (TPSA) is 77.5 Å². The summed E-state index contributed by atoms with van der Waals surface area (Å²) < 4.78 is 10.00. The number of aromatic nitrogens is 1. The van der Waals surface area contributed by atoms with E-state index in [2.05, 4.69) is 31.0 Å². The molecular formula is C12H13BrN2O4. The Morgan fingerprint density at radius 3 is 2.79 bits per heavy atom. The molecule has 0 saturated heterocycles. The number of hydrogen-bond donors (Lipinski definition) is 1. The molecule has 102 valence electrons. The van der Waals surface area contributed by atoms with Gasteiger partial charge in [0.05, 0.1) is 14.2 Å². The first kappa shape index (κ1) is 15.2. The number of carbonyl (C=O) groups excluding carboxylic acids is 2. The highest BCUT2D eigenvalue weighted by molar-refractivity contribution is 9.10. The van der Waals surface area contributed by atoms with Gasteiger partial charge in [-0.1, -0.05) is 6.08 Å². The van der Waals surface area contributed by atoms with Gasteiger partial charge in [-0.25, -0.2) is 9.78 Å². The minimum absolute atomic E-state index is 0.170. The average Bonchev–Trinajstić information content (AvgIpc) is 2.42. The van der Waals surface area contributed by atoms with Crippen LogP contribution in [0.3, 0.4) is 0 Å². The Hall–Kier alpha value is -1.89. The maximum absolute atomic E-state index is 11.9. The van der Waals surface area contributed by atoms with Crippen molar-refractivity contribution < 1.29 is 19.1 Å². The SMILES string of the molecule is COC(=O)/C=C/CNC(=O)c1nc(Br)ccc1OC. The Balaban J connectivity index is 2.66. The van der Waals surface area contributed by atoms with Gasteiger partial charge in [-0.15, -0.1) is 0 Å². The summed E-state index contributed by atoms with van der Waals surface area (Å²) in [6.45, 7) is 0.186. The summed E-state index contributed by atoms with van der Waals surface area (Å²) in [5, 5.41) is 2.58. The molecule has 0 aliphatic heterocycles. The first-order valence-corrected chi connectivity index (χ1v) is 6.11. The molecule has 0 fully saturated rings. The van der Waals surface area contributed by atoms with Crippen molar-refractivity contribution in [3.63, 3.8) is 0 Å². The normalized spacial score (nSPS) is 10.3. The Kier molecular flexibility index (Phi) is 6.01. The Labute approximate surface area is 118 Å². The molecule has 1 rings (SSSR count). The van der Waals surface area contributed by atoms with Crippen molar-refractivity contribution in [2.75, 3.05) is 20.8 Å². The van der Waals surface area contributed by atoms with Crippen molar-refractivity contribution in [1.29, 1.82) is 0 Å². The van der Waals surface area contributed by atoms with Gasteiger partial charge in [-0.05, 0) is 28.1 Å². The van der Waals surface area contributed by atoms with Gasteiger partial charge in [0.1, 0.15) is 10.4 Å². The quantitative estimate of drug-likeness (QED) is 0.501. The lowest BCUT2D eigenvalue weighted by Crippen LogP contribution is -2.25. The Morgan fingerprint density at radius 2 is 2.16 bits per heavy atom. The lowest BCUT2D eigenvalue weighted by molar-refractivity contribution is -0.134. The molecule has 0 aliphatic carbocycles. The predicted octanol–water partition coefficient (Wildman–Crippen LogP) is 1.31. The van der Waals surface area contributed by atoms with E-state index in [9.17, 15) is 9.59 Å². The average molecular weight is 329 g/mol. The molecule has 1 aromatic heterocycles. The first-order chi connectivity index (χ1) is 9.08. The van der Waals surface area contributed by atoms with Gasteiger partial charge in [0.15, 0.2) is 5.69 Å². The molecule has 1 N–H and O–H groups in total. The van der Waals surface area contributed by atoms with E-state index in [1.807, 2.05) is 0 Å². The van der Waals surface area contributed by atoms with Crippen LogP contribution in [0.25, 0.3) is 0 Å². The van der Waals surface area contributed by atoms with Crippen LogP contribution in [0.15, 0.2) is 28.9 Å². The zero-order valence-corrected chi connectivity index (χ0v) is 12.1. The third-order valence-electron chi connectivity index (χ3n) is 2.09. The van der Waals surface area contributed by atoms with Crippen LogP contribution in [0.5, 0.6) is 5.75 Å². The second kappa shape index (κ2) is 7.52. The lowest BCUT2D eigenvalue weighted by Gasteiger charge is -2.07. The van der Waals surface area contributed by atoms with Crippen LogP contribution >= 0.6 is 15.9 Å². The summed E-state index contributed by atoms with van der Waals surface area (Å²) in [6, 6.07) is 3.31. The number of amides is 1. The number of pyridine rings is 1. The zero-order valence-electron chi connectivity index (χ0n) is 10.5. The van der Waals surface area contributed by atoms with Crippen LogP contribution in [0.4, 0.5) is 0 Å². The van der Waals surface area contributed by atoms with E-state index in [4.69, 9.17) is 4.74 Å². The van der Waals surface area contributed by atoms with Crippen molar-refractivity contribution in [2.24, 2.45) is 0 Å². The van der Waals surface area contributed by atoms with E-state index in [1.54, 1.807) is 12.1 Å². The Morgan fingerprint density at radius 1 is 1.42 bits per heavy atom. The fourth-order valence-electron chi connectivity index (χ4n) is 1.21. The number of hydrogen-bond acceptors (Lipinski definition) is 5. The van der Waals surface area contributed by atoms with Gasteiger partial charge in [0, 0.05) is 12.6 Å². The van der Waals surface area contributed by atoms with Crippen LogP contribution in [-0.2, 0) is 9.53 Å². The smallest absolute Gasteiger partial charge is 0.330 e. The molecule has 0 spiro atoms. The minimum atomic E-state index is -0.479. The highest BCUT2D eigenvalue weighted by Gasteiger charge is 2.13. The summed E-state index contributed by atoms with van der Waals surface area (Å²) in [5.41, 5.74) is 0.170. The van der Waals surface area contributed by atoms with E-state index in [-0.39, 0.29) is 12.2 Å². The second-order valence-electron chi connectivity index (χ2n) is 3.32. The van der Waals surface area contributed by atoms with Crippen LogP contribution in [0.2, 0.25) is 0 Å². The standard InChI is InChI=1S/C12H13BrN2O4/c1-18-8-5-6-9(13)15-11(8)12(17)14-7-3-4-10(16)19-2/h3-6H,7H2,1-2H3,(H,14,17)/b4-3+. The number of carbonyl (C=O) groups is 2. The third-order valence-corrected chi connectivity index (χ3v) is 2.54. The predicted molar refractivity (Wildman–Crippen MR) is 72.0 cm³/mol. The fourth-order valence-corrected chi connectivity index (χ4v) is 1.52. The molecule has 0 unspecified atom stereocenters. The van der Waals surface area contributed by atoms with Gasteiger partial charge in [-0.3, -0.25) is 4.79 Å². The highest BCUT2D eigenvalue weighted by atomic mass is 79.9. The van der Waals surface area contributed by atoms with Gasteiger partial charge in [0.2, 0.25) is 0 Å². The molecule has 7 heteroatoms. The number of rotatable bonds is 5. The molecule has 0 bridgehead atoms. The lowest BCUT2D eigenvalue weighted by atomic mass is 10.3.